The Morgan fingerprint density at radius 3 is 2.57 bits per heavy atom. The zero-order valence-corrected chi connectivity index (χ0v) is 8.25. The number of allylic oxidation sites excluding steroid dienone is 2. The second-order valence-corrected chi connectivity index (χ2v) is 2.82. The van der Waals surface area contributed by atoms with Gasteiger partial charge in [0.2, 0.25) is 5.91 Å². The Morgan fingerprint density at radius 2 is 2.07 bits per heavy atom. The van der Waals surface area contributed by atoms with Crippen molar-refractivity contribution in [3.8, 4) is 0 Å². The van der Waals surface area contributed by atoms with E-state index in [4.69, 9.17) is 5.73 Å². The predicted molar refractivity (Wildman–Crippen MR) is 59.2 cm³/mol. The van der Waals surface area contributed by atoms with Crippen LogP contribution in [0.1, 0.15) is 12.8 Å². The third kappa shape index (κ3) is 5.83. The molecule has 0 aliphatic heterocycles. The van der Waals surface area contributed by atoms with Crippen LogP contribution < -0.4 is 11.1 Å². The van der Waals surface area contributed by atoms with Gasteiger partial charge in [-0.2, -0.15) is 0 Å². The first-order chi connectivity index (χ1) is 6.60. The van der Waals surface area contributed by atoms with E-state index < -0.39 is 0 Å². The molecule has 0 aromatic heterocycles. The van der Waals surface area contributed by atoms with E-state index in [9.17, 15) is 4.79 Å². The molecule has 0 aliphatic carbocycles. The van der Waals surface area contributed by atoms with Gasteiger partial charge in [0.25, 0.3) is 0 Å². The van der Waals surface area contributed by atoms with Crippen molar-refractivity contribution in [2.75, 3.05) is 0 Å². The van der Waals surface area contributed by atoms with Crippen LogP contribution in [0, 0.1) is 0 Å². The van der Waals surface area contributed by atoms with Gasteiger partial charge < -0.3 is 11.1 Å². The van der Waals surface area contributed by atoms with Gasteiger partial charge in [0.05, 0.1) is 6.42 Å². The second-order valence-electron chi connectivity index (χ2n) is 2.82. The standard InChI is InChI=1S/C11H16N2O/c1-4-9(2)8-11(14)13-10(3)6-5-7-12/h4-5,7H,1-3,6,8,12H2,(H,13,14)/b7-5-. The summed E-state index contributed by atoms with van der Waals surface area (Å²) >= 11 is 0. The lowest BCUT2D eigenvalue weighted by Gasteiger charge is -2.05. The van der Waals surface area contributed by atoms with Crippen molar-refractivity contribution in [2.24, 2.45) is 5.73 Å². The van der Waals surface area contributed by atoms with Crippen molar-refractivity contribution < 1.29 is 4.79 Å². The number of nitrogens with two attached hydrogens (primary N) is 1. The smallest absolute Gasteiger partial charge is 0.228 e. The minimum atomic E-state index is -0.134. The zero-order chi connectivity index (χ0) is 11.0. The topological polar surface area (TPSA) is 55.1 Å². The normalized spacial score (nSPS) is 9.71. The van der Waals surface area contributed by atoms with Gasteiger partial charge in [-0.15, -0.1) is 0 Å². The fraction of sp³-hybridized carbons (Fsp3) is 0.182. The van der Waals surface area contributed by atoms with Gasteiger partial charge in [-0.25, -0.2) is 0 Å². The predicted octanol–water partition coefficient (Wildman–Crippen LogP) is 1.61. The van der Waals surface area contributed by atoms with Crippen LogP contribution in [0.4, 0.5) is 0 Å². The van der Waals surface area contributed by atoms with E-state index in [0.29, 0.717) is 17.7 Å². The van der Waals surface area contributed by atoms with E-state index in [1.54, 1.807) is 12.2 Å². The number of carbonyl (C=O) groups is 1. The van der Waals surface area contributed by atoms with Crippen molar-refractivity contribution in [1.82, 2.24) is 5.32 Å². The number of rotatable bonds is 6. The van der Waals surface area contributed by atoms with Crippen LogP contribution in [0.3, 0.4) is 0 Å². The molecule has 0 radical (unpaired) electrons. The van der Waals surface area contributed by atoms with Gasteiger partial charge >= 0.3 is 0 Å². The van der Waals surface area contributed by atoms with Crippen molar-refractivity contribution >= 4 is 5.91 Å². The summed E-state index contributed by atoms with van der Waals surface area (Å²) in [4.78, 5) is 11.3. The fourth-order valence-corrected chi connectivity index (χ4v) is 0.781. The highest BCUT2D eigenvalue weighted by Gasteiger charge is 2.02. The summed E-state index contributed by atoms with van der Waals surface area (Å²) in [6.07, 6.45) is 5.48. The Hall–Kier alpha value is -1.77. The van der Waals surface area contributed by atoms with Crippen molar-refractivity contribution in [1.29, 1.82) is 0 Å². The van der Waals surface area contributed by atoms with Crippen LogP contribution in [0.2, 0.25) is 0 Å². The average molecular weight is 192 g/mol. The maximum Gasteiger partial charge on any atom is 0.228 e. The number of hydrogen-bond acceptors (Lipinski definition) is 2. The summed E-state index contributed by atoms with van der Waals surface area (Å²) in [6, 6.07) is 0. The van der Waals surface area contributed by atoms with E-state index >= 15 is 0 Å². The average Bonchev–Trinajstić information content (AvgIpc) is 2.14. The third-order valence-electron chi connectivity index (χ3n) is 1.49. The summed E-state index contributed by atoms with van der Waals surface area (Å²) < 4.78 is 0. The highest BCUT2D eigenvalue weighted by atomic mass is 16.1. The molecule has 76 valence electrons. The zero-order valence-electron chi connectivity index (χ0n) is 8.25. The molecule has 14 heavy (non-hydrogen) atoms. The summed E-state index contributed by atoms with van der Waals surface area (Å²) in [5.41, 5.74) is 6.45. The number of nitrogens with one attached hydrogen (secondary N) is 1. The lowest BCUT2D eigenvalue weighted by Crippen LogP contribution is -2.21. The molecule has 0 heterocycles. The molecule has 0 aromatic carbocycles. The Balaban J connectivity index is 3.88. The second kappa shape index (κ2) is 6.71. The molecule has 0 saturated heterocycles. The first kappa shape index (κ1) is 12.2. The first-order valence-electron chi connectivity index (χ1n) is 4.24. The van der Waals surface area contributed by atoms with E-state index in [1.165, 1.54) is 6.20 Å². The molecule has 3 N–H and O–H groups in total. The minimum absolute atomic E-state index is 0.134. The van der Waals surface area contributed by atoms with Gasteiger partial charge in [0.1, 0.15) is 0 Å². The molecule has 3 nitrogen and oxygen atoms in total. The van der Waals surface area contributed by atoms with Crippen molar-refractivity contribution in [3.63, 3.8) is 0 Å². The molecular weight excluding hydrogens is 176 g/mol. The van der Waals surface area contributed by atoms with Crippen LogP contribution in [-0.2, 0) is 4.79 Å². The third-order valence-corrected chi connectivity index (χ3v) is 1.49. The van der Waals surface area contributed by atoms with Gasteiger partial charge in [0, 0.05) is 12.1 Å². The van der Waals surface area contributed by atoms with Crippen LogP contribution in [0.5, 0.6) is 0 Å². The lowest BCUT2D eigenvalue weighted by molar-refractivity contribution is -0.119. The largest absolute Gasteiger partial charge is 0.405 e. The lowest BCUT2D eigenvalue weighted by atomic mass is 10.2. The minimum Gasteiger partial charge on any atom is -0.405 e. The summed E-state index contributed by atoms with van der Waals surface area (Å²) in [5, 5.41) is 2.63. The van der Waals surface area contributed by atoms with Gasteiger partial charge in [-0.3, -0.25) is 4.79 Å². The molecule has 3 heteroatoms. The quantitative estimate of drug-likeness (QED) is 0.628. The molecule has 0 bridgehead atoms. The Kier molecular flexibility index (Phi) is 5.87. The molecule has 1 amide bonds. The van der Waals surface area contributed by atoms with E-state index in [1.807, 2.05) is 0 Å². The Bertz CT molecular complexity index is 277. The van der Waals surface area contributed by atoms with E-state index in [-0.39, 0.29) is 12.3 Å². The number of amides is 1. The Morgan fingerprint density at radius 1 is 1.43 bits per heavy atom. The molecule has 0 aromatic rings. The molecule has 0 unspecified atom stereocenters. The van der Waals surface area contributed by atoms with Crippen LogP contribution >= 0.6 is 0 Å². The van der Waals surface area contributed by atoms with Crippen LogP contribution in [0.25, 0.3) is 0 Å². The summed E-state index contributed by atoms with van der Waals surface area (Å²) in [5.74, 6) is -0.134. The SMILES string of the molecule is C=CC(=C)CC(=O)NC(=C)C/C=C\N. The Labute approximate surface area is 84.7 Å². The molecule has 0 aliphatic rings. The number of carbonyl (C=O) groups excluding carboxylic acids is 1. The molecule has 0 saturated carbocycles. The molecule has 0 rings (SSSR count). The maximum absolute atomic E-state index is 11.3. The van der Waals surface area contributed by atoms with Gasteiger partial charge in [-0.1, -0.05) is 31.9 Å². The summed E-state index contributed by atoms with van der Waals surface area (Å²) in [6.45, 7) is 10.8. The van der Waals surface area contributed by atoms with E-state index in [2.05, 4.69) is 25.1 Å². The van der Waals surface area contributed by atoms with Crippen LogP contribution in [-0.4, -0.2) is 5.91 Å². The fourth-order valence-electron chi connectivity index (χ4n) is 0.781. The van der Waals surface area contributed by atoms with Crippen LogP contribution in [0.15, 0.2) is 49.4 Å². The van der Waals surface area contributed by atoms with Crippen molar-refractivity contribution in [3.05, 3.63) is 49.4 Å². The summed E-state index contributed by atoms with van der Waals surface area (Å²) in [7, 11) is 0. The molecule has 0 spiro atoms. The highest BCUT2D eigenvalue weighted by Crippen LogP contribution is 2.00. The molecule has 0 atom stereocenters. The van der Waals surface area contributed by atoms with Gasteiger partial charge in [-0.05, 0) is 11.8 Å². The molecular formula is C11H16N2O. The first-order valence-corrected chi connectivity index (χ1v) is 4.24. The van der Waals surface area contributed by atoms with E-state index in [0.717, 1.165) is 0 Å². The number of hydrogen-bond donors (Lipinski definition) is 2. The monoisotopic (exact) mass is 192 g/mol. The van der Waals surface area contributed by atoms with Gasteiger partial charge in [0.15, 0.2) is 0 Å². The molecule has 0 fully saturated rings. The maximum atomic E-state index is 11.3. The highest BCUT2D eigenvalue weighted by molar-refractivity contribution is 5.80. The van der Waals surface area contributed by atoms with Crippen molar-refractivity contribution in [2.45, 2.75) is 12.8 Å².